The molecule has 0 amide bonds. The zero-order chi connectivity index (χ0) is 11.8. The van der Waals surface area contributed by atoms with Crippen molar-refractivity contribution in [2.24, 2.45) is 5.92 Å². The molecule has 0 unspecified atom stereocenters. The van der Waals surface area contributed by atoms with Crippen LogP contribution in [0.5, 0.6) is 0 Å². The highest BCUT2D eigenvalue weighted by molar-refractivity contribution is 6.33. The molecule has 1 nitrogen and oxygen atoms in total. The molecule has 0 aliphatic heterocycles. The lowest BCUT2D eigenvalue weighted by molar-refractivity contribution is -0.137. The van der Waals surface area contributed by atoms with Crippen molar-refractivity contribution in [1.82, 2.24) is 0 Å². The molecule has 0 radical (unpaired) electrons. The van der Waals surface area contributed by atoms with Crippen molar-refractivity contribution in [2.75, 3.05) is 11.9 Å². The molecule has 0 aromatic heterocycles. The molecular weight excluding hydrogens is 239 g/mol. The van der Waals surface area contributed by atoms with Gasteiger partial charge in [0.25, 0.3) is 0 Å². The van der Waals surface area contributed by atoms with Gasteiger partial charge in [0.1, 0.15) is 0 Å². The van der Waals surface area contributed by atoms with Gasteiger partial charge in [0.05, 0.1) is 16.3 Å². The molecule has 5 heteroatoms. The number of nitrogens with one attached hydrogen (secondary N) is 1. The fourth-order valence-electron chi connectivity index (χ4n) is 1.41. The summed E-state index contributed by atoms with van der Waals surface area (Å²) < 4.78 is 37.0. The maximum atomic E-state index is 12.3. The number of anilines is 1. The van der Waals surface area contributed by atoms with Crippen LogP contribution in [-0.4, -0.2) is 6.54 Å². The molecule has 1 N–H and O–H groups in total. The molecule has 1 saturated carbocycles. The summed E-state index contributed by atoms with van der Waals surface area (Å²) in [5.74, 6) is 0.651. The topological polar surface area (TPSA) is 12.0 Å². The van der Waals surface area contributed by atoms with E-state index >= 15 is 0 Å². The lowest BCUT2D eigenvalue weighted by atomic mass is 10.2. The van der Waals surface area contributed by atoms with Crippen LogP contribution >= 0.6 is 11.6 Å². The van der Waals surface area contributed by atoms with Crippen LogP contribution in [0, 0.1) is 5.92 Å². The van der Waals surface area contributed by atoms with Gasteiger partial charge in [-0.05, 0) is 37.0 Å². The Hall–Kier alpha value is -0.900. The Morgan fingerprint density at radius 1 is 1.31 bits per heavy atom. The first kappa shape index (κ1) is 11.6. The first-order valence-corrected chi connectivity index (χ1v) is 5.45. The van der Waals surface area contributed by atoms with Gasteiger partial charge in [-0.25, -0.2) is 0 Å². The minimum atomic E-state index is -4.33. The van der Waals surface area contributed by atoms with Gasteiger partial charge in [0, 0.05) is 6.54 Å². The van der Waals surface area contributed by atoms with Gasteiger partial charge in [-0.3, -0.25) is 0 Å². The van der Waals surface area contributed by atoms with Crippen LogP contribution in [-0.2, 0) is 6.18 Å². The fourth-order valence-corrected chi connectivity index (χ4v) is 1.66. The minimum Gasteiger partial charge on any atom is -0.384 e. The smallest absolute Gasteiger partial charge is 0.384 e. The molecule has 1 aromatic rings. The van der Waals surface area contributed by atoms with Crippen molar-refractivity contribution >= 4 is 17.3 Å². The molecule has 2 rings (SSSR count). The third kappa shape index (κ3) is 2.82. The van der Waals surface area contributed by atoms with E-state index < -0.39 is 11.7 Å². The molecule has 16 heavy (non-hydrogen) atoms. The van der Waals surface area contributed by atoms with Crippen LogP contribution in [0.1, 0.15) is 18.4 Å². The van der Waals surface area contributed by atoms with E-state index in [1.54, 1.807) is 0 Å². The number of hydrogen-bond donors (Lipinski definition) is 1. The van der Waals surface area contributed by atoms with Gasteiger partial charge in [-0.2, -0.15) is 13.2 Å². The molecule has 1 aromatic carbocycles. The van der Waals surface area contributed by atoms with Gasteiger partial charge in [0.2, 0.25) is 0 Å². The predicted octanol–water partition coefficient (Wildman–Crippen LogP) is 4.18. The molecule has 88 valence electrons. The quantitative estimate of drug-likeness (QED) is 0.847. The Morgan fingerprint density at radius 3 is 2.50 bits per heavy atom. The zero-order valence-electron chi connectivity index (χ0n) is 8.44. The van der Waals surface area contributed by atoms with Gasteiger partial charge in [0.15, 0.2) is 0 Å². The van der Waals surface area contributed by atoms with Crippen LogP contribution in [0.15, 0.2) is 18.2 Å². The largest absolute Gasteiger partial charge is 0.416 e. The molecular formula is C11H11ClF3N. The lowest BCUT2D eigenvalue weighted by Crippen LogP contribution is -2.07. The molecule has 1 fully saturated rings. The van der Waals surface area contributed by atoms with Crippen molar-refractivity contribution in [3.05, 3.63) is 28.8 Å². The Kier molecular flexibility index (Phi) is 3.02. The molecule has 0 atom stereocenters. The van der Waals surface area contributed by atoms with Crippen molar-refractivity contribution in [1.29, 1.82) is 0 Å². The van der Waals surface area contributed by atoms with Crippen molar-refractivity contribution in [3.8, 4) is 0 Å². The van der Waals surface area contributed by atoms with Crippen LogP contribution in [0.25, 0.3) is 0 Å². The van der Waals surface area contributed by atoms with Crippen LogP contribution < -0.4 is 5.32 Å². The van der Waals surface area contributed by atoms with Crippen molar-refractivity contribution < 1.29 is 13.2 Å². The van der Waals surface area contributed by atoms with Gasteiger partial charge < -0.3 is 5.32 Å². The van der Waals surface area contributed by atoms with E-state index in [2.05, 4.69) is 5.32 Å². The fraction of sp³-hybridized carbons (Fsp3) is 0.455. The number of benzene rings is 1. The number of rotatable bonds is 3. The number of halogens is 4. The normalized spacial score (nSPS) is 16.2. The van der Waals surface area contributed by atoms with Gasteiger partial charge in [-0.15, -0.1) is 0 Å². The van der Waals surface area contributed by atoms with E-state index in [1.165, 1.54) is 18.9 Å². The van der Waals surface area contributed by atoms with E-state index in [0.717, 1.165) is 18.7 Å². The van der Waals surface area contributed by atoms with Gasteiger partial charge >= 0.3 is 6.18 Å². The molecule has 0 spiro atoms. The Bertz CT molecular complexity index is 385. The number of hydrogen-bond acceptors (Lipinski definition) is 1. The highest BCUT2D eigenvalue weighted by Gasteiger charge is 2.31. The highest BCUT2D eigenvalue weighted by Crippen LogP contribution is 2.35. The van der Waals surface area contributed by atoms with E-state index in [-0.39, 0.29) is 5.02 Å². The summed E-state index contributed by atoms with van der Waals surface area (Å²) in [5.41, 5.74) is -0.143. The summed E-state index contributed by atoms with van der Waals surface area (Å²) in [6, 6.07) is 3.38. The molecule has 1 aliphatic carbocycles. The third-order valence-electron chi connectivity index (χ3n) is 2.57. The van der Waals surface area contributed by atoms with Crippen molar-refractivity contribution in [3.63, 3.8) is 0 Å². The summed E-state index contributed by atoms with van der Waals surface area (Å²) in [4.78, 5) is 0. The Morgan fingerprint density at radius 2 is 2.00 bits per heavy atom. The van der Waals surface area contributed by atoms with E-state index in [0.29, 0.717) is 11.6 Å². The van der Waals surface area contributed by atoms with Crippen molar-refractivity contribution in [2.45, 2.75) is 19.0 Å². The highest BCUT2D eigenvalue weighted by atomic mass is 35.5. The average Bonchev–Trinajstić information content (AvgIpc) is 2.98. The lowest BCUT2D eigenvalue weighted by Gasteiger charge is -2.11. The Labute approximate surface area is 96.6 Å². The standard InChI is InChI=1S/C11H11ClF3N/c12-9-5-8(11(13,14)15)3-4-10(9)16-6-7-1-2-7/h3-5,7,16H,1-2,6H2. The van der Waals surface area contributed by atoms with Crippen LogP contribution in [0.3, 0.4) is 0 Å². The Balaban J connectivity index is 2.09. The number of alkyl halides is 3. The predicted molar refractivity (Wildman–Crippen MR) is 57.7 cm³/mol. The summed E-state index contributed by atoms with van der Waals surface area (Å²) in [7, 11) is 0. The maximum Gasteiger partial charge on any atom is 0.416 e. The van der Waals surface area contributed by atoms with E-state index in [4.69, 9.17) is 11.6 Å². The molecule has 0 saturated heterocycles. The second-order valence-electron chi connectivity index (χ2n) is 4.02. The molecule has 1 aliphatic rings. The molecule has 0 heterocycles. The maximum absolute atomic E-state index is 12.3. The van der Waals surface area contributed by atoms with Crippen LogP contribution in [0.4, 0.5) is 18.9 Å². The van der Waals surface area contributed by atoms with E-state index in [9.17, 15) is 13.2 Å². The summed E-state index contributed by atoms with van der Waals surface area (Å²) in [6.45, 7) is 0.783. The second-order valence-corrected chi connectivity index (χ2v) is 4.42. The van der Waals surface area contributed by atoms with Crippen LogP contribution in [0.2, 0.25) is 5.02 Å². The second kappa shape index (κ2) is 4.17. The van der Waals surface area contributed by atoms with Gasteiger partial charge in [-0.1, -0.05) is 11.6 Å². The summed E-state index contributed by atoms with van der Waals surface area (Å²) >= 11 is 5.78. The minimum absolute atomic E-state index is 0.121. The summed E-state index contributed by atoms with van der Waals surface area (Å²) in [6.07, 6.45) is -1.96. The first-order valence-electron chi connectivity index (χ1n) is 5.07. The monoisotopic (exact) mass is 249 g/mol. The molecule has 0 bridgehead atoms. The SMILES string of the molecule is FC(F)(F)c1ccc(NCC2CC2)c(Cl)c1. The first-order chi connectivity index (χ1) is 7.47. The summed E-state index contributed by atoms with van der Waals surface area (Å²) in [5, 5.41) is 3.18. The zero-order valence-corrected chi connectivity index (χ0v) is 9.20. The van der Waals surface area contributed by atoms with E-state index in [1.807, 2.05) is 0 Å². The third-order valence-corrected chi connectivity index (χ3v) is 2.89. The average molecular weight is 250 g/mol.